The predicted octanol–water partition coefficient (Wildman–Crippen LogP) is 1.68. The first-order valence-electron chi connectivity index (χ1n) is 9.93. The van der Waals surface area contributed by atoms with Gasteiger partial charge in [0.05, 0.1) is 18.4 Å². The summed E-state index contributed by atoms with van der Waals surface area (Å²) in [4.78, 5) is 29.5. The molecular weight excluding hydrogens is 417 g/mol. The third-order valence-corrected chi connectivity index (χ3v) is 5.03. The van der Waals surface area contributed by atoms with E-state index >= 15 is 0 Å². The average molecular weight is 435 g/mol. The van der Waals surface area contributed by atoms with E-state index in [0.29, 0.717) is 29.4 Å². The van der Waals surface area contributed by atoms with E-state index < -0.39 is 5.56 Å². The zero-order chi connectivity index (χ0) is 22.1. The van der Waals surface area contributed by atoms with Gasteiger partial charge >= 0.3 is 0 Å². The normalized spacial score (nSPS) is 15.0. The maximum atomic E-state index is 13.2. The van der Waals surface area contributed by atoms with Crippen molar-refractivity contribution in [1.29, 1.82) is 0 Å². The second-order valence-electron chi connectivity index (χ2n) is 7.25. The standard InChI is InChI=1S/C22H18FN5O4/c23-14-5-7-15(8-6-14)28-21-17(10-26-28)22(30)27(13-25-21)11-20(29)24-9-16-12-31-18-3-1-2-4-19(18)32-16/h1-8,10,13,16H,9,11-12H2,(H,24,29). The Bertz CT molecular complexity index is 1350. The predicted molar refractivity (Wildman–Crippen MR) is 112 cm³/mol. The van der Waals surface area contributed by atoms with Crippen molar-refractivity contribution in [3.8, 4) is 17.2 Å². The van der Waals surface area contributed by atoms with Crippen LogP contribution in [-0.4, -0.2) is 44.5 Å². The van der Waals surface area contributed by atoms with Crippen LogP contribution in [0.2, 0.25) is 0 Å². The van der Waals surface area contributed by atoms with Gasteiger partial charge in [-0.15, -0.1) is 0 Å². The monoisotopic (exact) mass is 435 g/mol. The minimum Gasteiger partial charge on any atom is -0.486 e. The van der Waals surface area contributed by atoms with Crippen LogP contribution in [0.15, 0.2) is 65.8 Å². The molecule has 0 radical (unpaired) electrons. The van der Waals surface area contributed by atoms with Crippen molar-refractivity contribution in [2.45, 2.75) is 12.6 Å². The Kier molecular flexibility index (Phi) is 5.02. The number of nitrogens with one attached hydrogen (secondary N) is 1. The van der Waals surface area contributed by atoms with Gasteiger partial charge in [-0.2, -0.15) is 5.10 Å². The van der Waals surface area contributed by atoms with Gasteiger partial charge in [0.1, 0.15) is 36.8 Å². The van der Waals surface area contributed by atoms with Crippen LogP contribution in [-0.2, 0) is 11.3 Å². The molecule has 10 heteroatoms. The second kappa shape index (κ2) is 8.14. The van der Waals surface area contributed by atoms with E-state index in [1.54, 1.807) is 6.07 Å². The minimum absolute atomic E-state index is 0.201. The van der Waals surface area contributed by atoms with Gasteiger partial charge in [0.15, 0.2) is 17.1 Å². The van der Waals surface area contributed by atoms with Gasteiger partial charge in [-0.1, -0.05) is 12.1 Å². The molecule has 0 spiro atoms. The SMILES string of the molecule is O=C(Cn1cnc2c(cnn2-c2ccc(F)cc2)c1=O)NCC1COc2ccccc2O1. The minimum atomic E-state index is -0.398. The van der Waals surface area contributed by atoms with Crippen molar-refractivity contribution >= 4 is 16.9 Å². The Morgan fingerprint density at radius 1 is 1.16 bits per heavy atom. The number of aromatic nitrogens is 4. The number of benzene rings is 2. The van der Waals surface area contributed by atoms with Gasteiger partial charge in [-0.05, 0) is 36.4 Å². The first-order chi connectivity index (χ1) is 15.6. The summed E-state index contributed by atoms with van der Waals surface area (Å²) in [6, 6.07) is 13.0. The van der Waals surface area contributed by atoms with E-state index in [0.717, 1.165) is 0 Å². The lowest BCUT2D eigenvalue weighted by Gasteiger charge is -2.26. The van der Waals surface area contributed by atoms with Crippen LogP contribution in [0, 0.1) is 5.82 Å². The Morgan fingerprint density at radius 3 is 2.75 bits per heavy atom. The molecule has 0 fully saturated rings. The summed E-state index contributed by atoms with van der Waals surface area (Å²) < 4.78 is 27.3. The largest absolute Gasteiger partial charge is 0.486 e. The topological polar surface area (TPSA) is 100 Å². The fraction of sp³-hybridized carbons (Fsp3) is 0.182. The number of nitrogens with zero attached hydrogens (tertiary/aromatic N) is 4. The highest BCUT2D eigenvalue weighted by atomic mass is 19.1. The van der Waals surface area contributed by atoms with Gasteiger partial charge in [-0.3, -0.25) is 14.2 Å². The Hall–Kier alpha value is -4.21. The van der Waals surface area contributed by atoms with E-state index in [1.165, 1.54) is 46.0 Å². The number of fused-ring (bicyclic) bond motifs is 2. The molecule has 9 nitrogen and oxygen atoms in total. The quantitative estimate of drug-likeness (QED) is 0.512. The fourth-order valence-electron chi connectivity index (χ4n) is 3.43. The molecule has 1 amide bonds. The number of rotatable bonds is 5. The van der Waals surface area contributed by atoms with E-state index in [9.17, 15) is 14.0 Å². The van der Waals surface area contributed by atoms with Crippen LogP contribution in [0.4, 0.5) is 4.39 Å². The molecule has 3 heterocycles. The highest BCUT2D eigenvalue weighted by molar-refractivity contribution is 5.77. The molecule has 5 rings (SSSR count). The van der Waals surface area contributed by atoms with E-state index in [4.69, 9.17) is 9.47 Å². The first kappa shape index (κ1) is 19.7. The summed E-state index contributed by atoms with van der Waals surface area (Å²) in [6.45, 7) is 0.348. The van der Waals surface area contributed by atoms with Gasteiger partial charge in [0.2, 0.25) is 5.91 Å². The lowest BCUT2D eigenvalue weighted by Crippen LogP contribution is -2.42. The van der Waals surface area contributed by atoms with Crippen LogP contribution < -0.4 is 20.3 Å². The molecular formula is C22H18FN5O4. The second-order valence-corrected chi connectivity index (χ2v) is 7.25. The summed E-state index contributed by atoms with van der Waals surface area (Å²) in [5.41, 5.74) is 0.495. The number of amides is 1. The molecule has 1 aliphatic rings. The molecule has 1 N–H and O–H groups in total. The molecule has 1 atom stereocenters. The summed E-state index contributed by atoms with van der Waals surface area (Å²) >= 11 is 0. The van der Waals surface area contributed by atoms with Gasteiger partial charge < -0.3 is 14.8 Å². The number of carbonyl (C=O) groups is 1. The highest BCUT2D eigenvalue weighted by Crippen LogP contribution is 2.30. The Labute approximate surface area is 181 Å². The maximum absolute atomic E-state index is 13.2. The smallest absolute Gasteiger partial charge is 0.264 e. The number of hydrogen-bond acceptors (Lipinski definition) is 6. The zero-order valence-corrected chi connectivity index (χ0v) is 16.8. The van der Waals surface area contributed by atoms with Crippen LogP contribution in [0.5, 0.6) is 11.5 Å². The molecule has 0 aliphatic carbocycles. The zero-order valence-electron chi connectivity index (χ0n) is 16.8. The molecule has 4 aromatic rings. The summed E-state index contributed by atoms with van der Waals surface area (Å²) in [6.07, 6.45) is 2.34. The van der Waals surface area contributed by atoms with Crippen LogP contribution in [0.3, 0.4) is 0 Å². The van der Waals surface area contributed by atoms with Crippen LogP contribution in [0.25, 0.3) is 16.7 Å². The molecule has 0 saturated heterocycles. The van der Waals surface area contributed by atoms with E-state index in [-0.39, 0.29) is 36.3 Å². The van der Waals surface area contributed by atoms with Crippen molar-refractivity contribution in [3.63, 3.8) is 0 Å². The van der Waals surface area contributed by atoms with E-state index in [1.807, 2.05) is 18.2 Å². The molecule has 0 bridgehead atoms. The lowest BCUT2D eigenvalue weighted by atomic mass is 10.2. The Balaban J connectivity index is 1.26. The molecule has 1 unspecified atom stereocenters. The summed E-state index contributed by atoms with van der Waals surface area (Å²) in [5, 5.41) is 7.19. The molecule has 2 aromatic heterocycles. The van der Waals surface area contributed by atoms with Crippen LogP contribution >= 0.6 is 0 Å². The summed E-state index contributed by atoms with van der Waals surface area (Å²) in [7, 11) is 0. The van der Waals surface area contributed by atoms with Crippen molar-refractivity contribution < 1.29 is 18.7 Å². The number of hydrogen-bond donors (Lipinski definition) is 1. The third-order valence-electron chi connectivity index (χ3n) is 5.03. The highest BCUT2D eigenvalue weighted by Gasteiger charge is 2.21. The van der Waals surface area contributed by atoms with Crippen molar-refractivity contribution in [1.82, 2.24) is 24.6 Å². The molecule has 2 aromatic carbocycles. The fourth-order valence-corrected chi connectivity index (χ4v) is 3.43. The average Bonchev–Trinajstić information content (AvgIpc) is 3.25. The van der Waals surface area contributed by atoms with Gasteiger partial charge in [0.25, 0.3) is 5.56 Å². The number of ether oxygens (including phenoxy) is 2. The van der Waals surface area contributed by atoms with Gasteiger partial charge in [-0.25, -0.2) is 14.1 Å². The third kappa shape index (κ3) is 3.78. The van der Waals surface area contributed by atoms with E-state index in [2.05, 4.69) is 15.4 Å². The maximum Gasteiger partial charge on any atom is 0.264 e. The number of halogens is 1. The molecule has 0 saturated carbocycles. The molecule has 32 heavy (non-hydrogen) atoms. The number of carbonyl (C=O) groups excluding carboxylic acids is 1. The molecule has 1 aliphatic heterocycles. The van der Waals surface area contributed by atoms with Crippen LogP contribution in [0.1, 0.15) is 0 Å². The Morgan fingerprint density at radius 2 is 1.94 bits per heavy atom. The summed E-state index contributed by atoms with van der Waals surface area (Å²) in [5.74, 6) is 0.562. The molecule has 162 valence electrons. The van der Waals surface area contributed by atoms with Crippen molar-refractivity contribution in [3.05, 3.63) is 77.2 Å². The lowest BCUT2D eigenvalue weighted by molar-refractivity contribution is -0.122. The van der Waals surface area contributed by atoms with Gasteiger partial charge in [0, 0.05) is 0 Å². The number of para-hydroxylation sites is 2. The first-order valence-corrected chi connectivity index (χ1v) is 9.93. The van der Waals surface area contributed by atoms with Crippen molar-refractivity contribution in [2.75, 3.05) is 13.2 Å². The van der Waals surface area contributed by atoms with Crippen molar-refractivity contribution in [2.24, 2.45) is 0 Å².